The lowest BCUT2D eigenvalue weighted by Crippen LogP contribution is -1.95. The first-order valence-corrected chi connectivity index (χ1v) is 4.01. The summed E-state index contributed by atoms with van der Waals surface area (Å²) in [5.74, 6) is -0.187. The first kappa shape index (κ1) is 10.5. The summed E-state index contributed by atoms with van der Waals surface area (Å²) in [4.78, 5) is 19.2. The van der Waals surface area contributed by atoms with E-state index in [-0.39, 0.29) is 17.5 Å². The van der Waals surface area contributed by atoms with Crippen LogP contribution >= 0.6 is 0 Å². The van der Waals surface area contributed by atoms with Crippen LogP contribution in [0.3, 0.4) is 0 Å². The van der Waals surface area contributed by atoms with Gasteiger partial charge in [0.25, 0.3) is 0 Å². The highest BCUT2D eigenvalue weighted by molar-refractivity contribution is 5.59. The fraction of sp³-hybridized carbons (Fsp3) is 0. The Hall–Kier alpha value is -3.05. The van der Waals surface area contributed by atoms with E-state index < -0.39 is 15.9 Å². The fourth-order valence-corrected chi connectivity index (χ4v) is 0.956. The molecule has 0 aliphatic heterocycles. The Morgan fingerprint density at radius 2 is 2.06 bits per heavy atom. The Morgan fingerprint density at radius 3 is 2.65 bits per heavy atom. The zero-order valence-corrected chi connectivity index (χ0v) is 7.85. The van der Waals surface area contributed by atoms with Gasteiger partial charge < -0.3 is 14.5 Å². The van der Waals surface area contributed by atoms with E-state index in [2.05, 4.69) is 30.1 Å². The van der Waals surface area contributed by atoms with Crippen molar-refractivity contribution in [3.63, 3.8) is 0 Å². The largest absolute Gasteiger partial charge is 0.573 e. The smallest absolute Gasteiger partial charge is 0.355 e. The van der Waals surface area contributed by atoms with E-state index in [9.17, 15) is 20.2 Å². The highest BCUT2D eigenvalue weighted by atomic mass is 16.7. The second-order valence-corrected chi connectivity index (χ2v) is 2.65. The van der Waals surface area contributed by atoms with Crippen molar-refractivity contribution in [3.05, 3.63) is 26.4 Å². The number of nitrogens with one attached hydrogen (secondary N) is 2. The third-order valence-corrected chi connectivity index (χ3v) is 1.61. The summed E-state index contributed by atoms with van der Waals surface area (Å²) in [6, 6.07) is -1.20. The maximum Gasteiger partial charge on any atom is 0.573 e. The van der Waals surface area contributed by atoms with Crippen molar-refractivity contribution in [3.8, 4) is 0 Å². The Bertz CT molecular complexity index is 573. The van der Waals surface area contributed by atoms with E-state index in [0.717, 1.165) is 6.20 Å². The SMILES string of the molecule is O=[N+]([O-])c1nnc(Nc2n[nH]cc2[N+](=O)[O-])o1. The highest BCUT2D eigenvalue weighted by Gasteiger charge is 2.22. The standard InChI is InChI=1S/C5H3N7O5/c13-11(14)2-1-6-8-3(2)7-4-9-10-5(17-4)12(15)16/h1H,(H2,6,7,8,9). The lowest BCUT2D eigenvalue weighted by molar-refractivity contribution is -0.406. The summed E-state index contributed by atoms with van der Waals surface area (Å²) in [6.45, 7) is 0. The molecule has 0 atom stereocenters. The number of H-pyrrole nitrogens is 1. The number of nitrogens with zero attached hydrogens (tertiary/aromatic N) is 5. The van der Waals surface area contributed by atoms with Crippen LogP contribution in [0.1, 0.15) is 0 Å². The third kappa shape index (κ3) is 1.99. The molecule has 0 aliphatic carbocycles. The average Bonchev–Trinajstić information content (AvgIpc) is 2.86. The predicted molar refractivity (Wildman–Crippen MR) is 49.5 cm³/mol. The first-order valence-electron chi connectivity index (χ1n) is 4.01. The van der Waals surface area contributed by atoms with Crippen LogP contribution in [0.15, 0.2) is 10.6 Å². The van der Waals surface area contributed by atoms with E-state index in [1.165, 1.54) is 0 Å². The van der Waals surface area contributed by atoms with Gasteiger partial charge in [-0.2, -0.15) is 0 Å². The van der Waals surface area contributed by atoms with Crippen LogP contribution in [0.5, 0.6) is 0 Å². The second-order valence-electron chi connectivity index (χ2n) is 2.65. The van der Waals surface area contributed by atoms with E-state index in [1.54, 1.807) is 0 Å². The van der Waals surface area contributed by atoms with Crippen molar-refractivity contribution >= 4 is 23.5 Å². The Balaban J connectivity index is 2.22. The maximum atomic E-state index is 10.5. The Morgan fingerprint density at radius 1 is 1.29 bits per heavy atom. The Kier molecular flexibility index (Phi) is 2.36. The van der Waals surface area contributed by atoms with Gasteiger partial charge in [-0.1, -0.05) is 0 Å². The van der Waals surface area contributed by atoms with Gasteiger partial charge in [-0.3, -0.25) is 20.5 Å². The number of hydrogen-bond acceptors (Lipinski definition) is 9. The van der Waals surface area contributed by atoms with Gasteiger partial charge in [0, 0.05) is 10.0 Å². The molecule has 2 N–H and O–H groups in total. The molecule has 0 radical (unpaired) electrons. The number of aromatic nitrogens is 4. The second kappa shape index (κ2) is 3.84. The van der Waals surface area contributed by atoms with E-state index in [0.29, 0.717) is 0 Å². The van der Waals surface area contributed by atoms with Crippen molar-refractivity contribution in [1.29, 1.82) is 0 Å². The summed E-state index contributed by atoms with van der Waals surface area (Å²) in [5, 5.41) is 35.2. The predicted octanol–water partition coefficient (Wildman–Crippen LogP) is 0.353. The molecule has 0 aromatic carbocycles. The molecule has 0 aliphatic rings. The molecular weight excluding hydrogens is 238 g/mol. The first-order chi connectivity index (χ1) is 8.08. The van der Waals surface area contributed by atoms with Crippen LogP contribution in [0.2, 0.25) is 0 Å². The topological polar surface area (TPSA) is 166 Å². The Labute approximate surface area is 90.9 Å². The molecule has 2 heterocycles. The van der Waals surface area contributed by atoms with Gasteiger partial charge in [-0.15, -0.1) is 5.10 Å². The molecule has 0 spiro atoms. The number of aromatic amines is 1. The summed E-state index contributed by atoms with van der Waals surface area (Å²) in [7, 11) is 0. The lowest BCUT2D eigenvalue weighted by Gasteiger charge is -1.92. The monoisotopic (exact) mass is 241 g/mol. The van der Waals surface area contributed by atoms with Crippen molar-refractivity contribution in [2.75, 3.05) is 5.32 Å². The minimum absolute atomic E-state index is 0.187. The van der Waals surface area contributed by atoms with E-state index >= 15 is 0 Å². The average molecular weight is 241 g/mol. The molecule has 2 aromatic heterocycles. The van der Waals surface area contributed by atoms with Gasteiger partial charge in [0.1, 0.15) is 11.3 Å². The van der Waals surface area contributed by atoms with E-state index in [1.807, 2.05) is 0 Å². The molecule has 88 valence electrons. The quantitative estimate of drug-likeness (QED) is 0.566. The van der Waals surface area contributed by atoms with Crippen LogP contribution < -0.4 is 5.32 Å². The lowest BCUT2D eigenvalue weighted by atomic mass is 10.5. The van der Waals surface area contributed by atoms with Crippen molar-refractivity contribution < 1.29 is 14.3 Å². The van der Waals surface area contributed by atoms with Crippen LogP contribution in [0, 0.1) is 20.2 Å². The maximum absolute atomic E-state index is 10.5. The summed E-state index contributed by atoms with van der Waals surface area (Å²) in [5.41, 5.74) is -0.356. The zero-order chi connectivity index (χ0) is 12.4. The number of rotatable bonds is 4. The molecule has 0 saturated carbocycles. The summed E-state index contributed by atoms with van der Waals surface area (Å²) in [6.07, 6.45) is 1.03. The number of hydrogen-bond donors (Lipinski definition) is 2. The normalized spacial score (nSPS) is 10.1. The van der Waals surface area contributed by atoms with Crippen LogP contribution in [0.25, 0.3) is 0 Å². The van der Waals surface area contributed by atoms with Crippen molar-refractivity contribution in [2.24, 2.45) is 0 Å². The zero-order valence-electron chi connectivity index (χ0n) is 7.85. The highest BCUT2D eigenvalue weighted by Crippen LogP contribution is 2.24. The molecule has 12 heteroatoms. The van der Waals surface area contributed by atoms with Gasteiger partial charge in [0.2, 0.25) is 5.82 Å². The summed E-state index contributed by atoms with van der Waals surface area (Å²) < 4.78 is 4.54. The fourth-order valence-electron chi connectivity index (χ4n) is 0.956. The number of anilines is 2. The molecule has 0 bridgehead atoms. The molecule has 0 saturated heterocycles. The molecule has 17 heavy (non-hydrogen) atoms. The third-order valence-electron chi connectivity index (χ3n) is 1.61. The van der Waals surface area contributed by atoms with Gasteiger partial charge in [0.15, 0.2) is 0 Å². The summed E-state index contributed by atoms with van der Waals surface area (Å²) >= 11 is 0. The van der Waals surface area contributed by atoms with E-state index in [4.69, 9.17) is 0 Å². The van der Waals surface area contributed by atoms with Crippen LogP contribution in [-0.4, -0.2) is 30.2 Å². The van der Waals surface area contributed by atoms with Gasteiger partial charge in [-0.25, -0.2) is 0 Å². The van der Waals surface area contributed by atoms with Gasteiger partial charge >= 0.3 is 17.7 Å². The van der Waals surface area contributed by atoms with Crippen molar-refractivity contribution in [1.82, 2.24) is 20.4 Å². The molecule has 0 fully saturated rings. The molecule has 2 aromatic rings. The van der Waals surface area contributed by atoms with Crippen LogP contribution in [-0.2, 0) is 0 Å². The minimum atomic E-state index is -0.892. The van der Waals surface area contributed by atoms with Gasteiger partial charge in [-0.05, 0) is 0 Å². The molecule has 2 rings (SSSR count). The number of nitro groups is 2. The molecule has 12 nitrogen and oxygen atoms in total. The molecular formula is C5H3N7O5. The molecule has 0 unspecified atom stereocenters. The molecule has 0 amide bonds. The van der Waals surface area contributed by atoms with Crippen molar-refractivity contribution in [2.45, 2.75) is 0 Å². The minimum Gasteiger partial charge on any atom is -0.355 e. The van der Waals surface area contributed by atoms with Crippen LogP contribution in [0.4, 0.5) is 23.5 Å². The van der Waals surface area contributed by atoms with Gasteiger partial charge in [0.05, 0.1) is 4.92 Å².